The Hall–Kier alpha value is -0.880. The lowest BCUT2D eigenvalue weighted by Crippen LogP contribution is -2.21. The van der Waals surface area contributed by atoms with Crippen LogP contribution in [0.2, 0.25) is 0 Å². The first kappa shape index (κ1) is 7.12. The number of carbonyl (C=O) groups excluding carboxylic acids is 1. The third kappa shape index (κ3) is 2.32. The molecule has 0 aliphatic rings. The number of carbonyl (C=O) groups is 1. The molecule has 8 heavy (non-hydrogen) atoms. The summed E-state index contributed by atoms with van der Waals surface area (Å²) < 4.78 is 0. The Labute approximate surface area is 47.5 Å². The maximum Gasteiger partial charge on any atom is 0.154 e. The zero-order valence-electron chi connectivity index (χ0n) is 4.59. The predicted molar refractivity (Wildman–Crippen MR) is 26.9 cm³/mol. The Kier molecular flexibility index (Phi) is 2.17. The number of aliphatic hydroxyl groups is 1. The number of hydrogen-bond acceptors (Lipinski definition) is 3. The van der Waals surface area contributed by atoms with Crippen LogP contribution in [0.4, 0.5) is 0 Å². The van der Waals surface area contributed by atoms with E-state index in [1.807, 2.05) is 0 Å². The molecule has 0 saturated carbocycles. The number of nitrogens with zero attached hydrogens (tertiary/aromatic N) is 1. The van der Waals surface area contributed by atoms with Gasteiger partial charge in [0.05, 0.1) is 6.07 Å². The monoisotopic (exact) mass is 113 g/mol. The van der Waals surface area contributed by atoms with Gasteiger partial charge in [0.1, 0.15) is 6.29 Å². The van der Waals surface area contributed by atoms with Gasteiger partial charge in [-0.05, 0) is 6.92 Å². The average molecular weight is 113 g/mol. The van der Waals surface area contributed by atoms with Crippen molar-refractivity contribution in [2.24, 2.45) is 0 Å². The summed E-state index contributed by atoms with van der Waals surface area (Å²) in [4.78, 5) is 9.67. The number of nitriles is 1. The normalized spacial score (nSPS) is 16.1. The smallest absolute Gasteiger partial charge is 0.154 e. The zero-order valence-corrected chi connectivity index (χ0v) is 4.59. The lowest BCUT2D eigenvalue weighted by atomic mass is 10.1. The Morgan fingerprint density at radius 2 is 2.50 bits per heavy atom. The third-order valence-electron chi connectivity index (χ3n) is 0.722. The van der Waals surface area contributed by atoms with Crippen LogP contribution in [0, 0.1) is 11.3 Å². The van der Waals surface area contributed by atoms with E-state index < -0.39 is 5.60 Å². The molecule has 44 valence electrons. The lowest BCUT2D eigenvalue weighted by Gasteiger charge is -2.06. The molecule has 0 radical (unpaired) electrons. The fourth-order valence-electron chi connectivity index (χ4n) is 0.208. The maximum absolute atomic E-state index is 9.67. The molecule has 0 aliphatic heterocycles. The highest BCUT2D eigenvalue weighted by Gasteiger charge is 2.16. The average Bonchev–Trinajstić information content (AvgIpc) is 1.67. The molecule has 0 saturated heterocycles. The van der Waals surface area contributed by atoms with Crippen molar-refractivity contribution in [3.05, 3.63) is 0 Å². The van der Waals surface area contributed by atoms with Gasteiger partial charge in [-0.2, -0.15) is 5.26 Å². The first-order valence-corrected chi connectivity index (χ1v) is 2.19. The second-order valence-corrected chi connectivity index (χ2v) is 1.76. The number of hydrogen-bond donors (Lipinski definition) is 1. The molecule has 0 aliphatic carbocycles. The first-order chi connectivity index (χ1) is 3.62. The maximum atomic E-state index is 9.67. The molecule has 1 atom stereocenters. The van der Waals surface area contributed by atoms with Gasteiger partial charge >= 0.3 is 0 Å². The highest BCUT2D eigenvalue weighted by atomic mass is 16.3. The van der Waals surface area contributed by atoms with Crippen LogP contribution in [0.3, 0.4) is 0 Å². The summed E-state index contributed by atoms with van der Waals surface area (Å²) in [7, 11) is 0. The van der Waals surface area contributed by atoms with Crippen molar-refractivity contribution < 1.29 is 9.90 Å². The molecule has 0 heterocycles. The molecule has 3 nitrogen and oxygen atoms in total. The van der Waals surface area contributed by atoms with Gasteiger partial charge in [0, 0.05) is 6.42 Å². The highest BCUT2D eigenvalue weighted by Crippen LogP contribution is 2.02. The summed E-state index contributed by atoms with van der Waals surface area (Å²) in [5.41, 5.74) is -1.47. The van der Waals surface area contributed by atoms with Crippen LogP contribution in [0.25, 0.3) is 0 Å². The van der Waals surface area contributed by atoms with E-state index in [-0.39, 0.29) is 6.42 Å². The zero-order chi connectivity index (χ0) is 6.62. The van der Waals surface area contributed by atoms with E-state index in [1.165, 1.54) is 6.92 Å². The first-order valence-electron chi connectivity index (χ1n) is 2.19. The molecule has 3 heteroatoms. The molecular weight excluding hydrogens is 106 g/mol. The van der Waals surface area contributed by atoms with Gasteiger partial charge in [0.2, 0.25) is 0 Å². The van der Waals surface area contributed by atoms with Crippen LogP contribution < -0.4 is 0 Å². The van der Waals surface area contributed by atoms with E-state index in [0.29, 0.717) is 6.29 Å². The van der Waals surface area contributed by atoms with E-state index in [2.05, 4.69) is 0 Å². The van der Waals surface area contributed by atoms with Gasteiger partial charge in [-0.25, -0.2) is 0 Å². The summed E-state index contributed by atoms with van der Waals surface area (Å²) in [6.07, 6.45) is 0.396. The third-order valence-corrected chi connectivity index (χ3v) is 0.722. The molecule has 0 amide bonds. The van der Waals surface area contributed by atoms with Crippen molar-refractivity contribution in [2.45, 2.75) is 18.9 Å². The van der Waals surface area contributed by atoms with Gasteiger partial charge < -0.3 is 9.90 Å². The fraction of sp³-hybridized carbons (Fsp3) is 0.600. The molecule has 0 aromatic carbocycles. The summed E-state index contributed by atoms with van der Waals surface area (Å²) >= 11 is 0. The van der Waals surface area contributed by atoms with E-state index >= 15 is 0 Å². The largest absolute Gasteiger partial charge is 0.375 e. The van der Waals surface area contributed by atoms with Crippen molar-refractivity contribution in [2.75, 3.05) is 0 Å². The van der Waals surface area contributed by atoms with Gasteiger partial charge in [0.15, 0.2) is 5.60 Å². The highest BCUT2D eigenvalue weighted by molar-refractivity contribution is 5.52. The standard InChI is InChI=1S/C5H7NO2/c1-5(8,4-6)2-3-7/h3,8H,2H2,1H3. The van der Waals surface area contributed by atoms with Crippen molar-refractivity contribution in [1.29, 1.82) is 5.26 Å². The second-order valence-electron chi connectivity index (χ2n) is 1.76. The molecule has 0 rings (SSSR count). The van der Waals surface area contributed by atoms with E-state index in [9.17, 15) is 4.79 Å². The topological polar surface area (TPSA) is 61.1 Å². The van der Waals surface area contributed by atoms with Crippen LogP contribution in [0.5, 0.6) is 0 Å². The van der Waals surface area contributed by atoms with E-state index in [0.717, 1.165) is 0 Å². The van der Waals surface area contributed by atoms with Crippen LogP contribution in [0.1, 0.15) is 13.3 Å². The predicted octanol–water partition coefficient (Wildman–Crippen LogP) is -0.150. The molecule has 1 N–H and O–H groups in total. The summed E-state index contributed by atoms with van der Waals surface area (Å²) in [6, 6.07) is 1.57. The second kappa shape index (κ2) is 2.43. The molecular formula is C5H7NO2. The van der Waals surface area contributed by atoms with Crippen LogP contribution in [-0.4, -0.2) is 17.0 Å². The minimum absolute atomic E-state index is 0.122. The Morgan fingerprint density at radius 3 is 2.62 bits per heavy atom. The number of aldehydes is 1. The number of rotatable bonds is 2. The minimum atomic E-state index is -1.47. The van der Waals surface area contributed by atoms with Crippen LogP contribution >= 0.6 is 0 Å². The van der Waals surface area contributed by atoms with Gasteiger partial charge in [-0.15, -0.1) is 0 Å². The Morgan fingerprint density at radius 1 is 2.00 bits per heavy atom. The Balaban J connectivity index is 3.76. The van der Waals surface area contributed by atoms with Gasteiger partial charge in [-0.3, -0.25) is 0 Å². The SMILES string of the molecule is CC(O)(C#N)CC=O. The fourth-order valence-corrected chi connectivity index (χ4v) is 0.208. The molecule has 0 fully saturated rings. The Bertz CT molecular complexity index is 123. The summed E-state index contributed by atoms with van der Waals surface area (Å²) in [6.45, 7) is 1.29. The molecule has 0 aromatic heterocycles. The van der Waals surface area contributed by atoms with E-state index in [1.54, 1.807) is 6.07 Å². The molecule has 0 aromatic rings. The minimum Gasteiger partial charge on any atom is -0.375 e. The van der Waals surface area contributed by atoms with E-state index in [4.69, 9.17) is 10.4 Å². The van der Waals surface area contributed by atoms with Crippen molar-refractivity contribution >= 4 is 6.29 Å². The van der Waals surface area contributed by atoms with Crippen molar-refractivity contribution in [1.82, 2.24) is 0 Å². The van der Waals surface area contributed by atoms with Crippen LogP contribution in [0.15, 0.2) is 0 Å². The van der Waals surface area contributed by atoms with Gasteiger partial charge in [0.25, 0.3) is 0 Å². The van der Waals surface area contributed by atoms with Crippen molar-refractivity contribution in [3.8, 4) is 6.07 Å². The lowest BCUT2D eigenvalue weighted by molar-refractivity contribution is -0.110. The quantitative estimate of drug-likeness (QED) is 0.400. The summed E-state index contributed by atoms with van der Waals surface area (Å²) in [5, 5.41) is 16.8. The molecule has 1 unspecified atom stereocenters. The van der Waals surface area contributed by atoms with Crippen molar-refractivity contribution in [3.63, 3.8) is 0 Å². The molecule has 0 bridgehead atoms. The van der Waals surface area contributed by atoms with Gasteiger partial charge in [-0.1, -0.05) is 0 Å². The van der Waals surface area contributed by atoms with Crippen LogP contribution in [-0.2, 0) is 4.79 Å². The molecule has 0 spiro atoms. The summed E-state index contributed by atoms with van der Waals surface area (Å²) in [5.74, 6) is 0.